The number of likely N-dealkylation sites (N-methyl/N-ethyl adjacent to an activating group) is 1. The Bertz CT molecular complexity index is 1660. The van der Waals surface area contributed by atoms with Crippen molar-refractivity contribution in [2.75, 3.05) is 65.0 Å². The summed E-state index contributed by atoms with van der Waals surface area (Å²) in [4.78, 5) is 32.4. The second-order valence-corrected chi connectivity index (χ2v) is 10.9. The maximum absolute atomic E-state index is 16.2. The average Bonchev–Trinajstić information content (AvgIpc) is 3.52. The van der Waals surface area contributed by atoms with Gasteiger partial charge in [0, 0.05) is 74.1 Å². The van der Waals surface area contributed by atoms with Crippen molar-refractivity contribution in [3.8, 4) is 17.3 Å². The van der Waals surface area contributed by atoms with Crippen molar-refractivity contribution < 1.29 is 18.7 Å². The molecule has 0 radical (unpaired) electrons. The topological polar surface area (TPSA) is 83.9 Å². The molecular formula is C31H32ClFN6O3. The highest BCUT2D eigenvalue weighted by atomic mass is 35.5. The average molecular weight is 591 g/mol. The smallest absolute Gasteiger partial charge is 0.318 e. The van der Waals surface area contributed by atoms with Crippen LogP contribution in [0.5, 0.6) is 6.01 Å². The van der Waals surface area contributed by atoms with E-state index >= 15 is 4.39 Å². The molecule has 2 aliphatic heterocycles. The number of pyridine rings is 1. The Kier molecular flexibility index (Phi) is 8.19. The second-order valence-electron chi connectivity index (χ2n) is 10.5. The highest BCUT2D eigenvalue weighted by Crippen LogP contribution is 2.37. The summed E-state index contributed by atoms with van der Waals surface area (Å²) in [7, 11) is 3.35. The molecule has 4 aromatic rings. The predicted octanol–water partition coefficient (Wildman–Crippen LogP) is 4.57. The van der Waals surface area contributed by atoms with Crippen LogP contribution >= 0.6 is 11.6 Å². The lowest BCUT2D eigenvalue weighted by Crippen LogP contribution is -2.37. The van der Waals surface area contributed by atoms with E-state index in [-0.39, 0.29) is 29.2 Å². The number of rotatable bonds is 7. The van der Waals surface area contributed by atoms with Crippen LogP contribution in [-0.2, 0) is 9.53 Å². The van der Waals surface area contributed by atoms with Crippen LogP contribution in [0.15, 0.2) is 54.7 Å². The number of fused-ring (bicyclic) bond motifs is 2. The van der Waals surface area contributed by atoms with E-state index < -0.39 is 5.82 Å². The molecule has 2 aliphatic rings. The first-order chi connectivity index (χ1) is 20.4. The summed E-state index contributed by atoms with van der Waals surface area (Å²) in [5.74, 6) is -0.104. The zero-order chi connectivity index (χ0) is 29.2. The van der Waals surface area contributed by atoms with Crippen LogP contribution in [0.4, 0.5) is 10.2 Å². The summed E-state index contributed by atoms with van der Waals surface area (Å²) in [6, 6.07) is 11.2. The van der Waals surface area contributed by atoms with Crippen molar-refractivity contribution in [1.82, 2.24) is 24.8 Å². The highest BCUT2D eigenvalue weighted by Gasteiger charge is 2.31. The summed E-state index contributed by atoms with van der Waals surface area (Å²) in [5, 5.41) is 2.58. The van der Waals surface area contributed by atoms with Crippen LogP contribution in [-0.4, -0.2) is 96.8 Å². The molecule has 218 valence electrons. The van der Waals surface area contributed by atoms with Gasteiger partial charge in [-0.1, -0.05) is 48.0 Å². The fourth-order valence-electron chi connectivity index (χ4n) is 5.68. The predicted molar refractivity (Wildman–Crippen MR) is 162 cm³/mol. The van der Waals surface area contributed by atoms with Gasteiger partial charge in [0.15, 0.2) is 5.82 Å². The second kappa shape index (κ2) is 12.2. The highest BCUT2D eigenvalue weighted by molar-refractivity contribution is 6.36. The van der Waals surface area contributed by atoms with E-state index in [1.807, 2.05) is 47.2 Å². The third-order valence-corrected chi connectivity index (χ3v) is 8.33. The molecule has 1 atom stereocenters. The molecular weight excluding hydrogens is 559 g/mol. The van der Waals surface area contributed by atoms with Gasteiger partial charge >= 0.3 is 6.01 Å². The molecule has 0 aliphatic carbocycles. The molecule has 42 heavy (non-hydrogen) atoms. The number of morpholine rings is 1. The van der Waals surface area contributed by atoms with Crippen molar-refractivity contribution in [2.45, 2.75) is 12.5 Å². The summed E-state index contributed by atoms with van der Waals surface area (Å²) >= 11 is 6.53. The quantitative estimate of drug-likeness (QED) is 0.290. The molecule has 4 heterocycles. The number of methoxy groups -OCH3 is 1. The number of anilines is 1. The van der Waals surface area contributed by atoms with Crippen molar-refractivity contribution in [2.24, 2.45) is 0 Å². The third-order valence-electron chi connectivity index (χ3n) is 8.02. The molecule has 2 fully saturated rings. The summed E-state index contributed by atoms with van der Waals surface area (Å²) in [6.45, 7) is 5.06. The Labute approximate surface area is 248 Å². The van der Waals surface area contributed by atoms with E-state index in [2.05, 4.69) is 19.9 Å². The van der Waals surface area contributed by atoms with Crippen molar-refractivity contribution in [3.05, 3.63) is 65.6 Å². The van der Waals surface area contributed by atoms with Gasteiger partial charge in [0.25, 0.3) is 0 Å². The van der Waals surface area contributed by atoms with E-state index in [1.165, 1.54) is 7.11 Å². The van der Waals surface area contributed by atoms with Gasteiger partial charge in [0.2, 0.25) is 5.91 Å². The molecule has 9 nitrogen and oxygen atoms in total. The van der Waals surface area contributed by atoms with Crippen LogP contribution in [0.2, 0.25) is 5.02 Å². The molecule has 0 N–H and O–H groups in total. The van der Waals surface area contributed by atoms with Crippen LogP contribution in [0.3, 0.4) is 0 Å². The molecule has 11 heteroatoms. The summed E-state index contributed by atoms with van der Waals surface area (Å²) in [5.41, 5.74) is 0.836. The van der Waals surface area contributed by atoms with Gasteiger partial charge in [-0.05, 0) is 17.9 Å². The molecule has 6 rings (SSSR count). The molecule has 2 aromatic carbocycles. The monoisotopic (exact) mass is 590 g/mol. The first-order valence-electron chi connectivity index (χ1n) is 14.0. The Morgan fingerprint density at radius 2 is 1.98 bits per heavy atom. The minimum Gasteiger partial charge on any atom is -0.467 e. The number of nitrogens with zero attached hydrogens (tertiary/aromatic N) is 6. The molecule has 1 amide bonds. The van der Waals surface area contributed by atoms with Gasteiger partial charge in [0.05, 0.1) is 25.7 Å². The fraction of sp³-hybridized carbons (Fsp3) is 0.355. The standard InChI is InChI=1S/C31H32ClFN6O3/c1-37(21-11-13-39(19-21)25(40)10-5-12-38-14-16-42-17-15-38)30-23-18-34-28(27(33)29(23)35-31(36-30)41-2)22-8-3-6-20-7-4-9-24(32)26(20)22/h3-10,18,21H,11-17,19H2,1-2H3/b10-5+/t21-/m1/s1. The number of halogens is 2. The summed E-state index contributed by atoms with van der Waals surface area (Å²) < 4.78 is 27.0. The number of carbonyl (C=O) groups is 1. The Hall–Kier alpha value is -3.86. The third kappa shape index (κ3) is 5.49. The maximum Gasteiger partial charge on any atom is 0.318 e. The lowest BCUT2D eigenvalue weighted by atomic mass is 10.0. The van der Waals surface area contributed by atoms with E-state index in [0.717, 1.165) is 50.0 Å². The maximum atomic E-state index is 16.2. The van der Waals surface area contributed by atoms with Crippen LogP contribution < -0.4 is 9.64 Å². The normalized spacial score (nSPS) is 17.9. The number of hydrogen-bond donors (Lipinski definition) is 0. The molecule has 0 saturated carbocycles. The molecule has 0 bridgehead atoms. The van der Waals surface area contributed by atoms with Gasteiger partial charge in [-0.3, -0.25) is 14.7 Å². The Morgan fingerprint density at radius 1 is 1.19 bits per heavy atom. The fourth-order valence-corrected chi connectivity index (χ4v) is 5.97. The van der Waals surface area contributed by atoms with Crippen molar-refractivity contribution in [1.29, 1.82) is 0 Å². The van der Waals surface area contributed by atoms with Crippen molar-refractivity contribution >= 4 is 45.0 Å². The molecule has 2 aromatic heterocycles. The lowest BCUT2D eigenvalue weighted by molar-refractivity contribution is -0.125. The Morgan fingerprint density at radius 3 is 2.76 bits per heavy atom. The zero-order valence-electron chi connectivity index (χ0n) is 23.6. The Balaban J connectivity index is 1.27. The van der Waals surface area contributed by atoms with E-state index in [0.29, 0.717) is 34.9 Å². The SMILES string of the molecule is COc1nc(N(C)[C@@H]2CCN(C(=O)/C=C/CN3CCOCC3)C2)c2cnc(-c3cccc4cccc(Cl)c34)c(F)c2n1. The number of hydrogen-bond acceptors (Lipinski definition) is 8. The van der Waals surface area contributed by atoms with Crippen LogP contribution in [0.25, 0.3) is 32.9 Å². The zero-order valence-corrected chi connectivity index (χ0v) is 24.4. The number of amides is 1. The van der Waals surface area contributed by atoms with E-state index in [4.69, 9.17) is 21.1 Å². The minimum absolute atomic E-state index is 0.0182. The van der Waals surface area contributed by atoms with Gasteiger partial charge in [-0.15, -0.1) is 0 Å². The first-order valence-corrected chi connectivity index (χ1v) is 14.4. The number of aromatic nitrogens is 3. The minimum atomic E-state index is -0.580. The van der Waals surface area contributed by atoms with Gasteiger partial charge in [-0.2, -0.15) is 9.97 Å². The summed E-state index contributed by atoms with van der Waals surface area (Å²) in [6.07, 6.45) is 5.92. The first kappa shape index (κ1) is 28.3. The number of carbonyl (C=O) groups excluding carboxylic acids is 1. The van der Waals surface area contributed by atoms with Crippen LogP contribution in [0.1, 0.15) is 6.42 Å². The van der Waals surface area contributed by atoms with Crippen LogP contribution in [0, 0.1) is 5.82 Å². The van der Waals surface area contributed by atoms with Gasteiger partial charge in [-0.25, -0.2) is 4.39 Å². The van der Waals surface area contributed by atoms with Gasteiger partial charge in [0.1, 0.15) is 17.0 Å². The number of benzene rings is 2. The molecule has 2 saturated heterocycles. The molecule has 0 spiro atoms. The van der Waals surface area contributed by atoms with E-state index in [1.54, 1.807) is 24.4 Å². The largest absolute Gasteiger partial charge is 0.467 e. The van der Waals surface area contributed by atoms with Gasteiger partial charge < -0.3 is 19.3 Å². The number of ether oxygens (including phenoxy) is 2. The number of likely N-dealkylation sites (tertiary alicyclic amines) is 1. The lowest BCUT2D eigenvalue weighted by Gasteiger charge is -2.27. The van der Waals surface area contributed by atoms with E-state index in [9.17, 15) is 4.79 Å². The molecule has 0 unspecified atom stereocenters. The van der Waals surface area contributed by atoms with Crippen molar-refractivity contribution in [3.63, 3.8) is 0 Å².